The number of hydrogen-bond donors (Lipinski definition) is 1. The van der Waals surface area contributed by atoms with Crippen molar-refractivity contribution in [3.63, 3.8) is 0 Å². The standard InChI is InChI=1S/C16H17FN2O5/c17-12-2-1-3-13(8-12)23-11-16(21)9-19(5-7-22-10-16)15(20)14-4-6-24-18-14/h1-4,6,8,21H,5,7,9-11H2/t16-/m1/s1. The van der Waals surface area contributed by atoms with Crippen LogP contribution in [0.25, 0.3) is 0 Å². The molecular formula is C16H17FN2O5. The van der Waals surface area contributed by atoms with Gasteiger partial charge in [0.2, 0.25) is 0 Å². The quantitative estimate of drug-likeness (QED) is 0.900. The number of amides is 1. The average molecular weight is 336 g/mol. The zero-order chi connectivity index (χ0) is 17.0. The summed E-state index contributed by atoms with van der Waals surface area (Å²) in [4.78, 5) is 13.8. The number of nitrogens with zero attached hydrogens (tertiary/aromatic N) is 2. The maximum atomic E-state index is 13.2. The Morgan fingerprint density at radius 1 is 1.46 bits per heavy atom. The van der Waals surface area contributed by atoms with Crippen LogP contribution in [0, 0.1) is 5.82 Å². The third kappa shape index (κ3) is 3.90. The van der Waals surface area contributed by atoms with E-state index in [9.17, 15) is 14.3 Å². The molecule has 1 amide bonds. The average Bonchev–Trinajstić information content (AvgIpc) is 3.03. The van der Waals surface area contributed by atoms with Crippen LogP contribution in [0.15, 0.2) is 41.1 Å². The van der Waals surface area contributed by atoms with Crippen molar-refractivity contribution in [2.75, 3.05) is 32.9 Å². The summed E-state index contributed by atoms with van der Waals surface area (Å²) < 4.78 is 28.7. The number of aromatic nitrogens is 1. The first-order valence-electron chi connectivity index (χ1n) is 7.44. The fourth-order valence-electron chi connectivity index (χ4n) is 2.44. The van der Waals surface area contributed by atoms with Crippen molar-refractivity contribution < 1.29 is 28.3 Å². The second-order valence-electron chi connectivity index (χ2n) is 5.63. The minimum Gasteiger partial charge on any atom is -0.490 e. The SMILES string of the molecule is O=C(c1ccon1)N1CCOC[C@@](O)(COc2cccc(F)c2)C1. The number of carbonyl (C=O) groups excluding carboxylic acids is 1. The van der Waals surface area contributed by atoms with E-state index >= 15 is 0 Å². The molecule has 1 aliphatic heterocycles. The van der Waals surface area contributed by atoms with E-state index in [1.165, 1.54) is 35.4 Å². The minimum absolute atomic E-state index is 0.00487. The number of halogens is 1. The van der Waals surface area contributed by atoms with Gasteiger partial charge in [-0.25, -0.2) is 4.39 Å². The fourth-order valence-corrected chi connectivity index (χ4v) is 2.44. The molecule has 2 heterocycles. The molecule has 1 aromatic carbocycles. The predicted octanol–water partition coefficient (Wildman–Crippen LogP) is 1.10. The highest BCUT2D eigenvalue weighted by atomic mass is 19.1. The molecule has 0 unspecified atom stereocenters. The van der Waals surface area contributed by atoms with Gasteiger partial charge in [-0.05, 0) is 12.1 Å². The lowest BCUT2D eigenvalue weighted by Gasteiger charge is -2.30. The zero-order valence-corrected chi connectivity index (χ0v) is 12.9. The van der Waals surface area contributed by atoms with E-state index in [1.807, 2.05) is 0 Å². The second-order valence-corrected chi connectivity index (χ2v) is 5.63. The molecule has 1 N–H and O–H groups in total. The molecule has 0 radical (unpaired) electrons. The highest BCUT2D eigenvalue weighted by molar-refractivity contribution is 5.92. The maximum Gasteiger partial charge on any atom is 0.276 e. The summed E-state index contributed by atoms with van der Waals surface area (Å²) in [7, 11) is 0. The summed E-state index contributed by atoms with van der Waals surface area (Å²) in [6.45, 7) is 0.470. The topological polar surface area (TPSA) is 85.0 Å². The Balaban J connectivity index is 1.67. The highest BCUT2D eigenvalue weighted by Gasteiger charge is 2.36. The summed E-state index contributed by atoms with van der Waals surface area (Å²) >= 11 is 0. The monoisotopic (exact) mass is 336 g/mol. The molecule has 0 spiro atoms. The molecule has 0 bridgehead atoms. The molecular weight excluding hydrogens is 319 g/mol. The van der Waals surface area contributed by atoms with Crippen molar-refractivity contribution >= 4 is 5.91 Å². The van der Waals surface area contributed by atoms with E-state index in [-0.39, 0.29) is 38.0 Å². The van der Waals surface area contributed by atoms with Gasteiger partial charge < -0.3 is 24.0 Å². The Morgan fingerprint density at radius 2 is 2.33 bits per heavy atom. The van der Waals surface area contributed by atoms with Gasteiger partial charge in [0.25, 0.3) is 5.91 Å². The third-order valence-corrected chi connectivity index (χ3v) is 3.61. The summed E-state index contributed by atoms with van der Waals surface area (Å²) in [5, 5.41) is 14.3. The van der Waals surface area contributed by atoms with Gasteiger partial charge in [-0.3, -0.25) is 4.79 Å². The van der Waals surface area contributed by atoms with Crippen LogP contribution < -0.4 is 4.74 Å². The molecule has 1 aliphatic rings. The molecule has 128 valence electrons. The fraction of sp³-hybridized carbons (Fsp3) is 0.375. The van der Waals surface area contributed by atoms with Gasteiger partial charge in [-0.1, -0.05) is 11.2 Å². The molecule has 1 saturated heterocycles. The van der Waals surface area contributed by atoms with Crippen molar-refractivity contribution in [3.05, 3.63) is 48.1 Å². The lowest BCUT2D eigenvalue weighted by atomic mass is 10.1. The summed E-state index contributed by atoms with van der Waals surface area (Å²) in [6.07, 6.45) is 1.31. The lowest BCUT2D eigenvalue weighted by Crippen LogP contribution is -2.50. The molecule has 8 heteroatoms. The van der Waals surface area contributed by atoms with Crippen LogP contribution in [0.4, 0.5) is 4.39 Å². The highest BCUT2D eigenvalue weighted by Crippen LogP contribution is 2.18. The lowest BCUT2D eigenvalue weighted by molar-refractivity contribution is -0.0622. The first-order valence-corrected chi connectivity index (χ1v) is 7.44. The smallest absolute Gasteiger partial charge is 0.276 e. The molecule has 0 saturated carbocycles. The summed E-state index contributed by atoms with van der Waals surface area (Å²) in [5.41, 5.74) is -1.26. The normalized spacial score (nSPS) is 21.3. The van der Waals surface area contributed by atoms with Gasteiger partial charge >= 0.3 is 0 Å². The van der Waals surface area contributed by atoms with E-state index < -0.39 is 11.4 Å². The number of ether oxygens (including phenoxy) is 2. The first kappa shape index (κ1) is 16.4. The minimum atomic E-state index is -1.41. The van der Waals surface area contributed by atoms with Crippen LogP contribution >= 0.6 is 0 Å². The zero-order valence-electron chi connectivity index (χ0n) is 12.9. The van der Waals surface area contributed by atoms with Crippen molar-refractivity contribution in [1.82, 2.24) is 10.1 Å². The summed E-state index contributed by atoms with van der Waals surface area (Å²) in [6, 6.07) is 7.07. The van der Waals surface area contributed by atoms with Crippen LogP contribution in [0.5, 0.6) is 5.75 Å². The van der Waals surface area contributed by atoms with Crippen LogP contribution in [-0.2, 0) is 4.74 Å². The predicted molar refractivity (Wildman–Crippen MR) is 80.1 cm³/mol. The second kappa shape index (κ2) is 6.98. The third-order valence-electron chi connectivity index (χ3n) is 3.61. The number of rotatable bonds is 4. The molecule has 2 aromatic rings. The van der Waals surface area contributed by atoms with E-state index in [2.05, 4.69) is 9.68 Å². The number of aliphatic hydroxyl groups is 1. The van der Waals surface area contributed by atoms with Crippen molar-refractivity contribution in [1.29, 1.82) is 0 Å². The van der Waals surface area contributed by atoms with Gasteiger partial charge in [0.05, 0.1) is 19.8 Å². The Labute approximate surface area is 137 Å². The van der Waals surface area contributed by atoms with Crippen molar-refractivity contribution in [2.24, 2.45) is 0 Å². The molecule has 24 heavy (non-hydrogen) atoms. The van der Waals surface area contributed by atoms with E-state index in [0.717, 1.165) is 0 Å². The van der Waals surface area contributed by atoms with Gasteiger partial charge in [0, 0.05) is 18.7 Å². The number of hydrogen-bond acceptors (Lipinski definition) is 6. The largest absolute Gasteiger partial charge is 0.490 e. The van der Waals surface area contributed by atoms with Crippen LogP contribution in [0.3, 0.4) is 0 Å². The molecule has 1 fully saturated rings. The Kier molecular flexibility index (Phi) is 4.77. The Hall–Kier alpha value is -2.45. The summed E-state index contributed by atoms with van der Waals surface area (Å²) in [5.74, 6) is -0.500. The van der Waals surface area contributed by atoms with E-state index in [0.29, 0.717) is 12.3 Å². The van der Waals surface area contributed by atoms with Gasteiger partial charge in [-0.2, -0.15) is 0 Å². The van der Waals surface area contributed by atoms with Crippen LogP contribution in [0.2, 0.25) is 0 Å². The molecule has 3 rings (SSSR count). The Morgan fingerprint density at radius 3 is 3.08 bits per heavy atom. The molecule has 7 nitrogen and oxygen atoms in total. The van der Waals surface area contributed by atoms with E-state index in [4.69, 9.17) is 9.47 Å². The van der Waals surface area contributed by atoms with Crippen LogP contribution in [0.1, 0.15) is 10.5 Å². The molecule has 1 aromatic heterocycles. The van der Waals surface area contributed by atoms with Gasteiger partial charge in [0.1, 0.15) is 30.0 Å². The number of benzene rings is 1. The van der Waals surface area contributed by atoms with Gasteiger partial charge in [0.15, 0.2) is 5.69 Å². The molecule has 1 atom stereocenters. The van der Waals surface area contributed by atoms with Crippen LogP contribution in [-0.4, -0.2) is 59.6 Å². The van der Waals surface area contributed by atoms with E-state index in [1.54, 1.807) is 6.07 Å². The maximum absolute atomic E-state index is 13.2. The van der Waals surface area contributed by atoms with Crippen molar-refractivity contribution in [2.45, 2.75) is 5.60 Å². The molecule has 0 aliphatic carbocycles. The first-order chi connectivity index (χ1) is 11.6. The van der Waals surface area contributed by atoms with Crippen molar-refractivity contribution in [3.8, 4) is 5.75 Å². The number of β-amino-alcohol motifs (C(OH)–C–C–N with tert-alkyl or cyclic N) is 1. The Bertz CT molecular complexity index is 694. The van der Waals surface area contributed by atoms with Gasteiger partial charge in [-0.15, -0.1) is 0 Å². The number of carbonyl (C=O) groups is 1.